The van der Waals surface area contributed by atoms with Crippen molar-refractivity contribution < 1.29 is 28.8 Å². The highest BCUT2D eigenvalue weighted by Gasteiger charge is 2.49. The normalized spacial score (nSPS) is 35.6. The van der Waals surface area contributed by atoms with E-state index in [-0.39, 0.29) is 25.8 Å². The van der Waals surface area contributed by atoms with Crippen LogP contribution in [0.25, 0.3) is 0 Å². The number of ether oxygens (including phenoxy) is 2. The third kappa shape index (κ3) is 3.53. The zero-order chi connectivity index (χ0) is 13.8. The molecule has 0 amide bonds. The number of methoxy groups -OCH3 is 1. The second kappa shape index (κ2) is 6.46. The van der Waals surface area contributed by atoms with Gasteiger partial charge in [0.25, 0.3) is 0 Å². The number of rotatable bonds is 7. The molecule has 7 heteroatoms. The van der Waals surface area contributed by atoms with Gasteiger partial charge in [-0.15, -0.1) is 0 Å². The smallest absolute Gasteiger partial charge is 0.200 e. The van der Waals surface area contributed by atoms with Crippen LogP contribution in [0.2, 0.25) is 0 Å². The molecule has 0 saturated carbocycles. The van der Waals surface area contributed by atoms with Crippen LogP contribution in [-0.2, 0) is 18.6 Å². The summed E-state index contributed by atoms with van der Waals surface area (Å²) in [5.74, 6) is 0. The molecule has 0 aromatic carbocycles. The Morgan fingerprint density at radius 3 is 2.67 bits per heavy atom. The monoisotopic (exact) mass is 282 g/mol. The lowest BCUT2D eigenvalue weighted by atomic mass is 9.93. The van der Waals surface area contributed by atoms with Gasteiger partial charge in [0.05, 0.1) is 19.8 Å². The Hall–Kier alpha value is 0.0300. The van der Waals surface area contributed by atoms with Crippen molar-refractivity contribution in [3.8, 4) is 0 Å². The molecule has 1 saturated heterocycles. The zero-order valence-electron chi connectivity index (χ0n) is 11.2. The lowest BCUT2D eigenvalue weighted by Gasteiger charge is -2.31. The lowest BCUT2D eigenvalue weighted by molar-refractivity contribution is -0.0979. The lowest BCUT2D eigenvalue weighted by Crippen LogP contribution is -2.47. The van der Waals surface area contributed by atoms with Crippen molar-refractivity contribution >= 4 is 7.37 Å². The molecule has 0 aromatic rings. The largest absolute Gasteiger partial charge is 0.393 e. The van der Waals surface area contributed by atoms with Crippen LogP contribution in [0, 0.1) is 0 Å². The van der Waals surface area contributed by atoms with Crippen molar-refractivity contribution in [3.63, 3.8) is 0 Å². The molecule has 108 valence electrons. The summed E-state index contributed by atoms with van der Waals surface area (Å²) in [6, 6.07) is 0. The van der Waals surface area contributed by atoms with Gasteiger partial charge in [0.15, 0.2) is 7.37 Å². The number of hydrogen-bond acceptors (Lipinski definition) is 6. The summed E-state index contributed by atoms with van der Waals surface area (Å²) < 4.78 is 27.7. The Labute approximate surface area is 108 Å². The third-order valence-electron chi connectivity index (χ3n) is 3.34. The van der Waals surface area contributed by atoms with Gasteiger partial charge in [0.2, 0.25) is 0 Å². The summed E-state index contributed by atoms with van der Waals surface area (Å²) >= 11 is 0. The predicted octanol–water partition coefficient (Wildman–Crippen LogP) is 0.458. The van der Waals surface area contributed by atoms with Gasteiger partial charge in [-0.1, -0.05) is 0 Å². The summed E-state index contributed by atoms with van der Waals surface area (Å²) in [4.78, 5) is 0. The van der Waals surface area contributed by atoms with Gasteiger partial charge < -0.3 is 24.2 Å². The van der Waals surface area contributed by atoms with Gasteiger partial charge in [-0.25, -0.2) is 0 Å². The quantitative estimate of drug-likeness (QED) is 0.660. The molecule has 0 aromatic heterocycles. The van der Waals surface area contributed by atoms with Crippen LogP contribution in [0.5, 0.6) is 0 Å². The minimum absolute atomic E-state index is 0.223. The van der Waals surface area contributed by atoms with Crippen molar-refractivity contribution in [1.82, 2.24) is 0 Å². The van der Waals surface area contributed by atoms with E-state index in [9.17, 15) is 14.8 Å². The van der Waals surface area contributed by atoms with Crippen LogP contribution >= 0.6 is 7.37 Å². The first-order valence-corrected chi connectivity index (χ1v) is 8.33. The highest BCUT2D eigenvalue weighted by atomic mass is 31.2. The van der Waals surface area contributed by atoms with Gasteiger partial charge in [-0.2, -0.15) is 0 Å². The molecule has 0 bridgehead atoms. The molecule has 6 nitrogen and oxygen atoms in total. The van der Waals surface area contributed by atoms with Gasteiger partial charge in [-0.05, 0) is 13.3 Å². The topological polar surface area (TPSA) is 85.2 Å². The van der Waals surface area contributed by atoms with Crippen molar-refractivity contribution in [2.45, 2.75) is 31.2 Å². The Bertz CT molecular complexity index is 310. The zero-order valence-corrected chi connectivity index (χ0v) is 12.1. The molecule has 0 radical (unpaired) electrons. The van der Waals surface area contributed by atoms with Crippen LogP contribution in [-0.4, -0.2) is 67.8 Å². The van der Waals surface area contributed by atoms with Gasteiger partial charge >= 0.3 is 0 Å². The van der Waals surface area contributed by atoms with E-state index < -0.39 is 25.2 Å². The van der Waals surface area contributed by atoms with Gasteiger partial charge in [-0.3, -0.25) is 4.57 Å². The Morgan fingerprint density at radius 1 is 1.56 bits per heavy atom. The van der Waals surface area contributed by atoms with Crippen molar-refractivity contribution in [3.05, 3.63) is 0 Å². The van der Waals surface area contributed by atoms with Crippen molar-refractivity contribution in [1.29, 1.82) is 0 Å². The summed E-state index contributed by atoms with van der Waals surface area (Å²) in [6.45, 7) is 3.60. The molecular weight excluding hydrogens is 259 g/mol. The van der Waals surface area contributed by atoms with Crippen LogP contribution in [0.4, 0.5) is 0 Å². The fraction of sp³-hybridized carbons (Fsp3) is 1.00. The second-order valence-corrected chi connectivity index (χ2v) is 7.39. The molecule has 18 heavy (non-hydrogen) atoms. The van der Waals surface area contributed by atoms with E-state index in [4.69, 9.17) is 14.0 Å². The number of aliphatic hydroxyl groups excluding tert-OH is 2. The molecule has 1 aliphatic rings. The SMILES string of the molecule is CCOP(C)(=O)CC[C@]1(CO)OC[C@@H](OC)C1O. The van der Waals surface area contributed by atoms with E-state index >= 15 is 0 Å². The van der Waals surface area contributed by atoms with E-state index in [1.54, 1.807) is 13.6 Å². The molecule has 0 aliphatic carbocycles. The average molecular weight is 282 g/mol. The Balaban J connectivity index is 2.65. The van der Waals surface area contributed by atoms with E-state index in [0.29, 0.717) is 6.61 Å². The number of aliphatic hydroxyl groups is 2. The highest BCUT2D eigenvalue weighted by Crippen LogP contribution is 2.45. The molecule has 1 fully saturated rings. The van der Waals surface area contributed by atoms with Crippen LogP contribution in [0.1, 0.15) is 13.3 Å². The predicted molar refractivity (Wildman–Crippen MR) is 67.2 cm³/mol. The fourth-order valence-corrected chi connectivity index (χ4v) is 3.59. The Kier molecular flexibility index (Phi) is 5.77. The molecule has 0 spiro atoms. The second-order valence-electron chi connectivity index (χ2n) is 4.66. The van der Waals surface area contributed by atoms with E-state index in [1.807, 2.05) is 0 Å². The van der Waals surface area contributed by atoms with Crippen LogP contribution in [0.3, 0.4) is 0 Å². The maximum atomic E-state index is 12.0. The first kappa shape index (κ1) is 16.1. The third-order valence-corrected chi connectivity index (χ3v) is 5.18. The standard InChI is InChI=1S/C11H23O6P/c1-4-17-18(3,14)6-5-11(8-12)10(13)9(15-2)7-16-11/h9-10,12-13H,4-8H2,1-3H3/t9-,10?,11-,18?/m1/s1. The molecule has 4 atom stereocenters. The maximum Gasteiger partial charge on any atom is 0.200 e. The Morgan fingerprint density at radius 2 is 2.22 bits per heavy atom. The first-order chi connectivity index (χ1) is 8.40. The summed E-state index contributed by atoms with van der Waals surface area (Å²) in [7, 11) is -1.22. The molecular formula is C11H23O6P. The molecule has 2 unspecified atom stereocenters. The van der Waals surface area contributed by atoms with Crippen LogP contribution in [0.15, 0.2) is 0 Å². The minimum atomic E-state index is -2.70. The average Bonchev–Trinajstić information content (AvgIpc) is 2.64. The van der Waals surface area contributed by atoms with Gasteiger partial charge in [0, 0.05) is 19.9 Å². The van der Waals surface area contributed by atoms with E-state index in [0.717, 1.165) is 0 Å². The molecule has 1 rings (SSSR count). The highest BCUT2D eigenvalue weighted by molar-refractivity contribution is 7.58. The number of hydrogen-bond donors (Lipinski definition) is 2. The fourth-order valence-electron chi connectivity index (χ4n) is 2.13. The minimum Gasteiger partial charge on any atom is -0.393 e. The summed E-state index contributed by atoms with van der Waals surface area (Å²) in [6.07, 6.45) is -0.845. The molecule has 1 heterocycles. The van der Waals surface area contributed by atoms with Crippen LogP contribution < -0.4 is 0 Å². The van der Waals surface area contributed by atoms with Crippen molar-refractivity contribution in [2.24, 2.45) is 0 Å². The first-order valence-electron chi connectivity index (χ1n) is 6.07. The summed E-state index contributed by atoms with van der Waals surface area (Å²) in [5.41, 5.74) is -1.09. The van der Waals surface area contributed by atoms with E-state index in [1.165, 1.54) is 7.11 Å². The molecule has 2 N–H and O–H groups in total. The molecule has 1 aliphatic heterocycles. The maximum absolute atomic E-state index is 12.0. The van der Waals surface area contributed by atoms with Gasteiger partial charge in [0.1, 0.15) is 17.8 Å². The summed E-state index contributed by atoms with van der Waals surface area (Å²) in [5, 5.41) is 19.5. The van der Waals surface area contributed by atoms with Crippen molar-refractivity contribution in [2.75, 3.05) is 39.8 Å². The van der Waals surface area contributed by atoms with E-state index in [2.05, 4.69) is 0 Å².